The van der Waals surface area contributed by atoms with E-state index in [0.717, 1.165) is 60.7 Å². The minimum atomic E-state index is -0.461. The Morgan fingerprint density at radius 2 is 1.91 bits per heavy atom. The monoisotopic (exact) mass is 488 g/mol. The summed E-state index contributed by atoms with van der Waals surface area (Å²) >= 11 is 6.13. The van der Waals surface area contributed by atoms with Crippen molar-refractivity contribution in [3.05, 3.63) is 82.5 Å². The van der Waals surface area contributed by atoms with Crippen LogP contribution in [0.3, 0.4) is 0 Å². The number of benzene rings is 2. The van der Waals surface area contributed by atoms with Gasteiger partial charge in [-0.2, -0.15) is 0 Å². The van der Waals surface area contributed by atoms with Gasteiger partial charge in [0.05, 0.1) is 0 Å². The van der Waals surface area contributed by atoms with Crippen molar-refractivity contribution in [2.24, 2.45) is 0 Å². The number of aromatic nitrogens is 1. The van der Waals surface area contributed by atoms with Crippen LogP contribution in [0.25, 0.3) is 6.08 Å². The second kappa shape index (κ2) is 10.4. The van der Waals surface area contributed by atoms with E-state index >= 15 is 0 Å². The van der Waals surface area contributed by atoms with Crippen molar-refractivity contribution in [2.75, 3.05) is 48.8 Å². The number of aldehydes is 1. The normalized spacial score (nSPS) is 17.4. The molecule has 2 aromatic carbocycles. The Morgan fingerprint density at radius 1 is 1.11 bits per heavy atom. The topological polar surface area (TPSA) is 72.5 Å². The minimum Gasteiger partial charge on any atom is -0.378 e. The van der Waals surface area contributed by atoms with E-state index in [9.17, 15) is 4.79 Å². The Bertz CT molecular complexity index is 1220. The first-order valence-electron chi connectivity index (χ1n) is 11.8. The quantitative estimate of drug-likeness (QED) is 0.418. The van der Waals surface area contributed by atoms with Gasteiger partial charge in [-0.1, -0.05) is 23.7 Å². The van der Waals surface area contributed by atoms with Crippen molar-refractivity contribution in [1.29, 1.82) is 0 Å². The van der Waals surface area contributed by atoms with E-state index in [1.165, 1.54) is 5.69 Å². The number of rotatable bonds is 7. The maximum atomic E-state index is 11.8. The predicted octanol–water partition coefficient (Wildman–Crippen LogP) is 4.66. The van der Waals surface area contributed by atoms with Crippen LogP contribution in [-0.2, 0) is 11.3 Å². The second-order valence-electron chi connectivity index (χ2n) is 8.92. The largest absolute Gasteiger partial charge is 0.378 e. The Kier molecular flexibility index (Phi) is 6.88. The fraction of sp³-hybridized carbons (Fsp3) is 0.259. The van der Waals surface area contributed by atoms with Gasteiger partial charge < -0.3 is 30.5 Å². The van der Waals surface area contributed by atoms with Crippen molar-refractivity contribution in [3.63, 3.8) is 0 Å². The molecular weight excluding hydrogens is 460 g/mol. The van der Waals surface area contributed by atoms with Crippen LogP contribution in [0.4, 0.5) is 23.0 Å². The van der Waals surface area contributed by atoms with E-state index in [-0.39, 0.29) is 0 Å². The summed E-state index contributed by atoms with van der Waals surface area (Å²) in [7, 11) is 2.16. The van der Waals surface area contributed by atoms with Crippen LogP contribution in [0, 0.1) is 0 Å². The minimum absolute atomic E-state index is 0.461. The molecule has 2 aliphatic rings. The zero-order valence-corrected chi connectivity index (χ0v) is 20.4. The summed E-state index contributed by atoms with van der Waals surface area (Å²) < 4.78 is 0. The molecule has 2 aliphatic heterocycles. The zero-order valence-electron chi connectivity index (χ0n) is 19.7. The van der Waals surface area contributed by atoms with Crippen LogP contribution in [0.2, 0.25) is 5.02 Å². The molecule has 3 heterocycles. The average molecular weight is 489 g/mol. The Balaban J connectivity index is 1.39. The van der Waals surface area contributed by atoms with E-state index in [1.807, 2.05) is 36.4 Å². The van der Waals surface area contributed by atoms with Gasteiger partial charge in [-0.05, 0) is 72.9 Å². The third-order valence-electron chi connectivity index (χ3n) is 6.44. The first-order chi connectivity index (χ1) is 17.1. The van der Waals surface area contributed by atoms with Crippen LogP contribution in [0.5, 0.6) is 0 Å². The summed E-state index contributed by atoms with van der Waals surface area (Å²) in [4.78, 5) is 21.4. The van der Waals surface area contributed by atoms with Crippen LogP contribution in [0.15, 0.2) is 60.8 Å². The lowest BCUT2D eigenvalue weighted by Crippen LogP contribution is -2.44. The highest BCUT2D eigenvalue weighted by Gasteiger charge is 2.22. The summed E-state index contributed by atoms with van der Waals surface area (Å²) in [5.41, 5.74) is 4.98. The average Bonchev–Trinajstić information content (AvgIpc) is 2.88. The van der Waals surface area contributed by atoms with Crippen molar-refractivity contribution in [1.82, 2.24) is 15.2 Å². The molecule has 5 rings (SSSR count). The number of halogens is 1. The lowest BCUT2D eigenvalue weighted by Gasteiger charge is -2.34. The molecule has 35 heavy (non-hydrogen) atoms. The third-order valence-corrected chi connectivity index (χ3v) is 6.67. The van der Waals surface area contributed by atoms with E-state index in [4.69, 9.17) is 16.6 Å². The van der Waals surface area contributed by atoms with Crippen LogP contribution >= 0.6 is 11.6 Å². The molecule has 0 aliphatic carbocycles. The van der Waals surface area contributed by atoms with Gasteiger partial charge in [0.1, 0.15) is 24.0 Å². The summed E-state index contributed by atoms with van der Waals surface area (Å²) in [6.45, 7) is 4.78. The molecule has 0 saturated carbocycles. The maximum Gasteiger partial charge on any atom is 0.146 e. The first kappa shape index (κ1) is 23.2. The van der Waals surface area contributed by atoms with Crippen LogP contribution in [0.1, 0.15) is 22.7 Å². The Morgan fingerprint density at radius 3 is 2.66 bits per heavy atom. The standard InChI is InChI=1S/C27H29ClN6O/c1-33-11-13-34(14-12-33)23-7-5-22(6-8-23)31-27-26-20(9-10-29-24(26)18-35)16-25(32-27)30-17-19-3-2-4-21(28)15-19/h2-10,15-16,18,24,29H,11-14,17H2,1H3,(H2,30,31,32). The smallest absolute Gasteiger partial charge is 0.146 e. The fourth-order valence-corrected chi connectivity index (χ4v) is 4.67. The lowest BCUT2D eigenvalue weighted by molar-refractivity contribution is -0.109. The molecule has 1 atom stereocenters. The number of likely N-dealkylation sites (N-methyl/N-ethyl adjacent to an activating group) is 1. The van der Waals surface area contributed by atoms with E-state index < -0.39 is 6.04 Å². The molecule has 1 saturated heterocycles. The van der Waals surface area contributed by atoms with Gasteiger partial charge in [0, 0.05) is 54.7 Å². The molecule has 8 heteroatoms. The Hall–Kier alpha value is -3.55. The number of hydrogen-bond donors (Lipinski definition) is 3. The third kappa shape index (κ3) is 5.42. The highest BCUT2D eigenvalue weighted by atomic mass is 35.5. The van der Waals surface area contributed by atoms with Gasteiger partial charge in [0.2, 0.25) is 0 Å². The lowest BCUT2D eigenvalue weighted by atomic mass is 9.99. The maximum absolute atomic E-state index is 11.8. The van der Waals surface area contributed by atoms with Gasteiger partial charge in [0.15, 0.2) is 0 Å². The summed E-state index contributed by atoms with van der Waals surface area (Å²) in [5, 5.41) is 10.7. The molecule has 0 amide bonds. The molecule has 7 nitrogen and oxygen atoms in total. The molecular formula is C27H29ClN6O. The highest BCUT2D eigenvalue weighted by Crippen LogP contribution is 2.33. The van der Waals surface area contributed by atoms with Gasteiger partial charge in [0.25, 0.3) is 0 Å². The molecule has 1 unspecified atom stereocenters. The number of nitrogens with zero attached hydrogens (tertiary/aromatic N) is 3. The molecule has 1 aromatic heterocycles. The molecule has 1 fully saturated rings. The zero-order chi connectivity index (χ0) is 24.2. The molecule has 0 radical (unpaired) electrons. The van der Waals surface area contributed by atoms with E-state index in [2.05, 4.69) is 57.1 Å². The highest BCUT2D eigenvalue weighted by molar-refractivity contribution is 6.30. The van der Waals surface area contributed by atoms with E-state index in [0.29, 0.717) is 17.4 Å². The predicted molar refractivity (Wildman–Crippen MR) is 143 cm³/mol. The number of carbonyl (C=O) groups excluding carboxylic acids is 1. The second-order valence-corrected chi connectivity index (χ2v) is 9.35. The molecule has 3 aromatic rings. The van der Waals surface area contributed by atoms with Crippen molar-refractivity contribution in [2.45, 2.75) is 12.6 Å². The molecule has 180 valence electrons. The molecule has 3 N–H and O–H groups in total. The summed E-state index contributed by atoms with van der Waals surface area (Å²) in [6, 6.07) is 17.6. The van der Waals surface area contributed by atoms with Gasteiger partial charge >= 0.3 is 0 Å². The van der Waals surface area contributed by atoms with Gasteiger partial charge in [-0.15, -0.1) is 0 Å². The van der Waals surface area contributed by atoms with E-state index in [1.54, 1.807) is 6.20 Å². The number of carbonyl (C=O) groups is 1. The number of anilines is 4. The fourth-order valence-electron chi connectivity index (χ4n) is 4.45. The van der Waals surface area contributed by atoms with Crippen LogP contribution < -0.4 is 20.9 Å². The van der Waals surface area contributed by atoms with Crippen LogP contribution in [-0.4, -0.2) is 49.4 Å². The van der Waals surface area contributed by atoms with Crippen molar-refractivity contribution < 1.29 is 4.79 Å². The summed E-state index contributed by atoms with van der Waals surface area (Å²) in [6.07, 6.45) is 4.67. The Labute approximate surface area is 210 Å². The van der Waals surface area contributed by atoms with Crippen molar-refractivity contribution >= 4 is 47.0 Å². The molecule has 0 bridgehead atoms. The van der Waals surface area contributed by atoms with Crippen molar-refractivity contribution in [3.8, 4) is 0 Å². The number of fused-ring (bicyclic) bond motifs is 1. The first-order valence-corrected chi connectivity index (χ1v) is 12.2. The van der Waals surface area contributed by atoms with Gasteiger partial charge in [-0.25, -0.2) is 4.98 Å². The summed E-state index contributed by atoms with van der Waals surface area (Å²) in [5.74, 6) is 1.37. The number of hydrogen-bond acceptors (Lipinski definition) is 7. The number of pyridine rings is 1. The van der Waals surface area contributed by atoms with Gasteiger partial charge in [-0.3, -0.25) is 0 Å². The molecule has 0 spiro atoms. The number of nitrogens with one attached hydrogen (secondary N) is 3. The number of piperazine rings is 1. The SMILES string of the molecule is CN1CCN(c2ccc(Nc3nc(NCc4cccc(Cl)c4)cc4c3C(C=O)NC=C4)cc2)CC1.